The quantitative estimate of drug-likeness (QED) is 0.163. The summed E-state index contributed by atoms with van der Waals surface area (Å²) < 4.78 is 2.84. The maximum Gasteiger partial charge on any atom is 0.264 e. The topological polar surface area (TPSA) is 9.72 Å². The molecule has 3 aliphatic heterocycles. The summed E-state index contributed by atoms with van der Waals surface area (Å²) in [5.41, 5.74) is 28.0. The van der Waals surface area contributed by atoms with Gasteiger partial charge < -0.3 is 14.7 Å². The highest BCUT2D eigenvalue weighted by Gasteiger charge is 2.59. The molecule has 85 heavy (non-hydrogen) atoms. The van der Waals surface area contributed by atoms with E-state index in [1.807, 2.05) is 0 Å². The number of benzene rings is 7. The molecular formula is C80H92BN3S. The van der Waals surface area contributed by atoms with Crippen LogP contribution in [0.3, 0.4) is 0 Å². The van der Waals surface area contributed by atoms with Gasteiger partial charge in [-0.3, -0.25) is 0 Å². The van der Waals surface area contributed by atoms with Crippen LogP contribution < -0.4 is 30.4 Å². The SMILES string of the molecule is CC(C)(C)c1ccc2sc3c(c2c1)N(c1ccc2c(c1)C(C)(C)CCC2(C)C)c1cc(N2c4ccc(-c5ccccc5)cc4C4(C)CCCCC24C)cc2c1B3c1cc3c(cc1N2c1ccc2c(c1)C(C)(C)CCC2(C)C)C(C)(C)CCC3(C)C. The second kappa shape index (κ2) is 17.8. The molecular weight excluding hydrogens is 1050 g/mol. The van der Waals surface area contributed by atoms with Crippen molar-refractivity contribution < 1.29 is 0 Å². The molecule has 7 aliphatic rings. The molecule has 436 valence electrons. The molecule has 0 saturated heterocycles. The van der Waals surface area contributed by atoms with Crippen LogP contribution in [0, 0.1) is 0 Å². The minimum atomic E-state index is -0.181. The highest BCUT2D eigenvalue weighted by atomic mass is 32.1. The number of fused-ring (bicyclic) bond motifs is 12. The molecule has 0 bridgehead atoms. The van der Waals surface area contributed by atoms with Crippen LogP contribution in [0.1, 0.15) is 226 Å². The lowest BCUT2D eigenvalue weighted by molar-refractivity contribution is 0.195. The Balaban J connectivity index is 1.10. The molecule has 0 radical (unpaired) electrons. The minimum Gasteiger partial charge on any atom is -0.334 e. The van der Waals surface area contributed by atoms with Gasteiger partial charge in [0.05, 0.1) is 11.2 Å². The zero-order valence-electron chi connectivity index (χ0n) is 54.5. The van der Waals surface area contributed by atoms with E-state index < -0.39 is 0 Å². The Hall–Kier alpha value is -6.04. The third-order valence-corrected chi connectivity index (χ3v) is 25.4. The van der Waals surface area contributed by atoms with E-state index in [2.05, 4.69) is 271 Å². The molecule has 2 unspecified atom stereocenters. The van der Waals surface area contributed by atoms with Gasteiger partial charge in [-0.1, -0.05) is 184 Å². The van der Waals surface area contributed by atoms with Gasteiger partial charge in [0.25, 0.3) is 6.71 Å². The van der Waals surface area contributed by atoms with E-state index in [1.165, 1.54) is 178 Å². The standard InChI is InChI=1S/C80H92BN3S/c1-72(2,3)51-26-32-68-55(42-51)70-71(85-68)81-63-47-60-61(78(14,15)40-39-77(60,12)13)48-65(63)82(52-27-29-56-58(43-52)75(8,9)37-35-73(56,4)5)66-45-54(46-67(69(66)81)83(70)53-28-30-57-59(44-53)76(10,11)38-36-74(57,6)7)84-64-31-25-50(49-23-19-18-20-24-49)41-62(64)79(16)33-21-22-34-80(79,84)17/h18-20,23-32,41-48H,21-22,33-40H2,1-17H3. The van der Waals surface area contributed by atoms with E-state index in [1.54, 1.807) is 0 Å². The first-order valence-corrected chi connectivity index (χ1v) is 33.6. The van der Waals surface area contributed by atoms with Crippen LogP contribution in [0.4, 0.5) is 45.5 Å². The molecule has 15 rings (SSSR count). The van der Waals surface area contributed by atoms with Crippen molar-refractivity contribution in [2.24, 2.45) is 0 Å². The Labute approximate surface area is 514 Å². The average Bonchev–Trinajstić information content (AvgIpc) is 1.73. The predicted molar refractivity (Wildman–Crippen MR) is 369 cm³/mol. The Morgan fingerprint density at radius 3 is 1.53 bits per heavy atom. The summed E-state index contributed by atoms with van der Waals surface area (Å²) in [6.45, 7) is 42.6. The van der Waals surface area contributed by atoms with Crippen LogP contribution in [0.2, 0.25) is 0 Å². The van der Waals surface area contributed by atoms with Gasteiger partial charge in [-0.15, -0.1) is 11.3 Å². The van der Waals surface area contributed by atoms with Crippen LogP contribution in [-0.2, 0) is 43.3 Å². The summed E-state index contributed by atoms with van der Waals surface area (Å²) in [5, 5.41) is 1.37. The highest BCUT2D eigenvalue weighted by Crippen LogP contribution is 2.63. The molecule has 4 heterocycles. The van der Waals surface area contributed by atoms with Crippen molar-refractivity contribution in [1.29, 1.82) is 0 Å². The molecule has 1 fully saturated rings. The van der Waals surface area contributed by atoms with Crippen LogP contribution in [0.5, 0.6) is 0 Å². The number of thiophene rings is 1. The monoisotopic (exact) mass is 1140 g/mol. The van der Waals surface area contributed by atoms with Gasteiger partial charge in [-0.2, -0.15) is 0 Å². The van der Waals surface area contributed by atoms with Crippen molar-refractivity contribution in [3.05, 3.63) is 172 Å². The number of hydrogen-bond acceptors (Lipinski definition) is 4. The number of hydrogen-bond donors (Lipinski definition) is 0. The fourth-order valence-corrected chi connectivity index (χ4v) is 19.3. The van der Waals surface area contributed by atoms with Gasteiger partial charge in [0.15, 0.2) is 0 Å². The van der Waals surface area contributed by atoms with E-state index in [9.17, 15) is 0 Å². The molecule has 8 aromatic rings. The fraction of sp³-hybridized carbons (Fsp3) is 0.450. The van der Waals surface area contributed by atoms with Crippen LogP contribution in [-0.4, -0.2) is 12.3 Å². The molecule has 1 aromatic heterocycles. The van der Waals surface area contributed by atoms with Gasteiger partial charge in [0.1, 0.15) is 0 Å². The second-order valence-corrected chi connectivity index (χ2v) is 34.3. The molecule has 1 saturated carbocycles. The van der Waals surface area contributed by atoms with Crippen molar-refractivity contribution in [2.75, 3.05) is 14.7 Å². The first kappa shape index (κ1) is 55.5. The molecule has 5 heteroatoms. The van der Waals surface area contributed by atoms with Crippen LogP contribution in [0.25, 0.3) is 21.2 Å². The average molecular weight is 1140 g/mol. The maximum absolute atomic E-state index is 2.89. The van der Waals surface area contributed by atoms with Crippen LogP contribution >= 0.6 is 11.3 Å². The Morgan fingerprint density at radius 1 is 0.412 bits per heavy atom. The molecule has 0 amide bonds. The number of rotatable bonds is 4. The minimum absolute atomic E-state index is 0.00834. The molecule has 3 nitrogen and oxygen atoms in total. The van der Waals surface area contributed by atoms with Crippen molar-refractivity contribution in [2.45, 2.75) is 231 Å². The first-order chi connectivity index (χ1) is 39.9. The Kier molecular flexibility index (Phi) is 11.6. The zero-order chi connectivity index (χ0) is 59.7. The summed E-state index contributed by atoms with van der Waals surface area (Å²) in [6, 6.07) is 52.6. The normalized spacial score (nSPS) is 23.9. The molecule has 2 atom stereocenters. The summed E-state index contributed by atoms with van der Waals surface area (Å²) >= 11 is 2.06. The smallest absolute Gasteiger partial charge is 0.264 e. The molecule has 7 aromatic carbocycles. The second-order valence-electron chi connectivity index (χ2n) is 33.2. The van der Waals surface area contributed by atoms with Gasteiger partial charge >= 0.3 is 0 Å². The zero-order valence-corrected chi connectivity index (χ0v) is 55.3. The largest absolute Gasteiger partial charge is 0.334 e. The predicted octanol–water partition coefficient (Wildman–Crippen LogP) is 20.7. The van der Waals surface area contributed by atoms with Gasteiger partial charge in [-0.05, 0) is 229 Å². The van der Waals surface area contributed by atoms with E-state index in [-0.39, 0.29) is 55.6 Å². The van der Waals surface area contributed by atoms with Gasteiger partial charge in [0, 0.05) is 60.1 Å². The third-order valence-electron chi connectivity index (χ3n) is 24.1. The van der Waals surface area contributed by atoms with Gasteiger partial charge in [-0.25, -0.2) is 0 Å². The Morgan fingerprint density at radius 2 is 0.941 bits per heavy atom. The van der Waals surface area contributed by atoms with Crippen LogP contribution in [0.15, 0.2) is 127 Å². The molecule has 4 aliphatic carbocycles. The summed E-state index contributed by atoms with van der Waals surface area (Å²) in [7, 11) is 0. The van der Waals surface area contributed by atoms with Crippen molar-refractivity contribution >= 4 is 89.3 Å². The van der Waals surface area contributed by atoms with E-state index in [0.29, 0.717) is 0 Å². The van der Waals surface area contributed by atoms with Crippen molar-refractivity contribution in [1.82, 2.24) is 0 Å². The Bertz CT molecular complexity index is 4140. The number of anilines is 8. The summed E-state index contributed by atoms with van der Waals surface area (Å²) in [5.74, 6) is 0. The fourth-order valence-electron chi connectivity index (χ4n) is 18.0. The van der Waals surface area contributed by atoms with Crippen molar-refractivity contribution in [3.63, 3.8) is 0 Å². The van der Waals surface area contributed by atoms with Gasteiger partial charge in [0.2, 0.25) is 0 Å². The summed E-state index contributed by atoms with van der Waals surface area (Å²) in [6.07, 6.45) is 11.8. The first-order valence-electron chi connectivity index (χ1n) is 32.8. The molecule has 0 spiro atoms. The van der Waals surface area contributed by atoms with E-state index >= 15 is 0 Å². The van der Waals surface area contributed by atoms with Crippen molar-refractivity contribution in [3.8, 4) is 11.1 Å². The number of nitrogens with zero attached hydrogens (tertiary/aromatic N) is 3. The summed E-state index contributed by atoms with van der Waals surface area (Å²) in [4.78, 5) is 8.53. The van der Waals surface area contributed by atoms with E-state index in [0.717, 1.165) is 12.8 Å². The lowest BCUT2D eigenvalue weighted by Gasteiger charge is -2.51. The highest BCUT2D eigenvalue weighted by molar-refractivity contribution is 7.33. The third kappa shape index (κ3) is 7.88. The lowest BCUT2D eigenvalue weighted by atomic mass is 9.35. The van der Waals surface area contributed by atoms with E-state index in [4.69, 9.17) is 0 Å². The lowest BCUT2D eigenvalue weighted by Crippen LogP contribution is -2.61. The maximum atomic E-state index is 2.89. The molecule has 0 N–H and O–H groups in total.